The third-order valence-corrected chi connectivity index (χ3v) is 3.56. The van der Waals surface area contributed by atoms with E-state index in [0.717, 1.165) is 5.56 Å². The van der Waals surface area contributed by atoms with Crippen LogP contribution in [0.1, 0.15) is 41.3 Å². The number of hydrogen-bond donors (Lipinski definition) is 1. The normalized spacial score (nSPS) is 10.5. The van der Waals surface area contributed by atoms with Gasteiger partial charge in [0.1, 0.15) is 19.0 Å². The fraction of sp³-hybridized carbons (Fsp3) is 0.263. The summed E-state index contributed by atoms with van der Waals surface area (Å²) in [5, 5.41) is 2.35. The maximum atomic E-state index is 13.4. The molecule has 0 atom stereocenters. The molecular weight excluding hydrogens is 309 g/mol. The van der Waals surface area contributed by atoms with E-state index in [-0.39, 0.29) is 18.7 Å². The van der Waals surface area contributed by atoms with Gasteiger partial charge < -0.3 is 10.1 Å². The Kier molecular flexibility index (Phi) is 6.07. The quantitative estimate of drug-likeness (QED) is 0.826. The largest absolute Gasteiger partial charge is 0.460 e. The first-order valence-electron chi connectivity index (χ1n) is 7.74. The Balaban J connectivity index is 1.79. The van der Waals surface area contributed by atoms with Gasteiger partial charge in [0.25, 0.3) is 5.91 Å². The smallest absolute Gasteiger partial charge is 0.325 e. The van der Waals surface area contributed by atoms with E-state index in [4.69, 9.17) is 4.74 Å². The summed E-state index contributed by atoms with van der Waals surface area (Å²) in [5.41, 5.74) is 1.98. The van der Waals surface area contributed by atoms with Crippen molar-refractivity contribution in [1.29, 1.82) is 0 Å². The highest BCUT2D eigenvalue weighted by Crippen LogP contribution is 2.15. The van der Waals surface area contributed by atoms with Crippen molar-refractivity contribution in [3.63, 3.8) is 0 Å². The average Bonchev–Trinajstić information content (AvgIpc) is 2.58. The summed E-state index contributed by atoms with van der Waals surface area (Å²) in [7, 11) is 0. The zero-order chi connectivity index (χ0) is 17.5. The molecule has 0 aliphatic rings. The topological polar surface area (TPSA) is 55.4 Å². The maximum Gasteiger partial charge on any atom is 0.325 e. The van der Waals surface area contributed by atoms with Gasteiger partial charge in [-0.1, -0.05) is 50.2 Å². The van der Waals surface area contributed by atoms with Gasteiger partial charge in [-0.2, -0.15) is 0 Å². The minimum Gasteiger partial charge on any atom is -0.460 e. The van der Waals surface area contributed by atoms with E-state index in [9.17, 15) is 14.0 Å². The Morgan fingerprint density at radius 2 is 1.75 bits per heavy atom. The third kappa shape index (κ3) is 4.91. The molecule has 1 amide bonds. The van der Waals surface area contributed by atoms with Crippen molar-refractivity contribution in [3.8, 4) is 0 Å². The summed E-state index contributed by atoms with van der Waals surface area (Å²) < 4.78 is 18.5. The van der Waals surface area contributed by atoms with Crippen LogP contribution in [0.15, 0.2) is 48.5 Å². The van der Waals surface area contributed by atoms with Gasteiger partial charge in [-0.25, -0.2) is 4.39 Å². The van der Waals surface area contributed by atoms with E-state index in [1.807, 2.05) is 24.3 Å². The summed E-state index contributed by atoms with van der Waals surface area (Å²) in [6, 6.07) is 13.4. The average molecular weight is 329 g/mol. The molecule has 0 aromatic heterocycles. The first kappa shape index (κ1) is 17.7. The Bertz CT molecular complexity index is 711. The van der Waals surface area contributed by atoms with Crippen LogP contribution in [-0.4, -0.2) is 18.4 Å². The Morgan fingerprint density at radius 3 is 2.38 bits per heavy atom. The van der Waals surface area contributed by atoms with Crippen LogP contribution in [-0.2, 0) is 16.1 Å². The molecule has 0 saturated heterocycles. The number of carbonyl (C=O) groups excluding carboxylic acids is 2. The summed E-state index contributed by atoms with van der Waals surface area (Å²) in [6.07, 6.45) is 0. The predicted octanol–water partition coefficient (Wildman–Crippen LogP) is 3.42. The molecule has 126 valence electrons. The van der Waals surface area contributed by atoms with Crippen LogP contribution in [0.5, 0.6) is 0 Å². The summed E-state index contributed by atoms with van der Waals surface area (Å²) in [5.74, 6) is -1.41. The van der Waals surface area contributed by atoms with Crippen LogP contribution >= 0.6 is 0 Å². The number of ether oxygens (including phenoxy) is 1. The molecule has 0 spiro atoms. The molecular formula is C19H20FNO3. The van der Waals surface area contributed by atoms with Crippen molar-refractivity contribution >= 4 is 11.9 Å². The van der Waals surface area contributed by atoms with E-state index in [1.165, 1.54) is 23.8 Å². The molecule has 0 saturated carbocycles. The fourth-order valence-corrected chi connectivity index (χ4v) is 2.11. The molecule has 5 heteroatoms. The number of halogens is 1. The Morgan fingerprint density at radius 1 is 1.08 bits per heavy atom. The molecule has 0 bridgehead atoms. The molecule has 2 rings (SSSR count). The molecule has 2 aromatic carbocycles. The molecule has 0 unspecified atom stereocenters. The van der Waals surface area contributed by atoms with E-state index >= 15 is 0 Å². The number of benzene rings is 2. The molecule has 4 nitrogen and oxygen atoms in total. The van der Waals surface area contributed by atoms with Crippen molar-refractivity contribution in [1.82, 2.24) is 5.32 Å². The van der Waals surface area contributed by atoms with Gasteiger partial charge >= 0.3 is 5.97 Å². The molecule has 0 aliphatic carbocycles. The molecule has 2 aromatic rings. The molecule has 0 radical (unpaired) electrons. The van der Waals surface area contributed by atoms with Gasteiger partial charge in [0.2, 0.25) is 0 Å². The highest BCUT2D eigenvalue weighted by molar-refractivity contribution is 5.96. The van der Waals surface area contributed by atoms with Crippen LogP contribution in [0.25, 0.3) is 0 Å². The van der Waals surface area contributed by atoms with E-state index in [2.05, 4.69) is 19.2 Å². The monoisotopic (exact) mass is 329 g/mol. The number of nitrogens with one attached hydrogen (secondary N) is 1. The number of carbonyl (C=O) groups is 2. The lowest BCUT2D eigenvalue weighted by atomic mass is 10.0. The molecule has 0 heterocycles. The van der Waals surface area contributed by atoms with Gasteiger partial charge in [-0.15, -0.1) is 0 Å². The van der Waals surface area contributed by atoms with Crippen molar-refractivity contribution in [2.45, 2.75) is 26.4 Å². The SMILES string of the molecule is CC(C)c1ccc(COC(=O)CNC(=O)c2ccccc2F)cc1. The Labute approximate surface area is 140 Å². The van der Waals surface area contributed by atoms with Gasteiger partial charge in [0.15, 0.2) is 0 Å². The highest BCUT2D eigenvalue weighted by atomic mass is 19.1. The summed E-state index contributed by atoms with van der Waals surface area (Å²) >= 11 is 0. The second-order valence-corrected chi connectivity index (χ2v) is 5.72. The number of esters is 1. The van der Waals surface area contributed by atoms with Gasteiger partial charge in [0.05, 0.1) is 5.56 Å². The van der Waals surface area contributed by atoms with Crippen molar-refractivity contribution in [3.05, 3.63) is 71.0 Å². The van der Waals surface area contributed by atoms with Gasteiger partial charge in [-0.3, -0.25) is 9.59 Å². The molecule has 0 fully saturated rings. The zero-order valence-corrected chi connectivity index (χ0v) is 13.7. The van der Waals surface area contributed by atoms with E-state index < -0.39 is 17.7 Å². The predicted molar refractivity (Wildman–Crippen MR) is 89.1 cm³/mol. The lowest BCUT2D eigenvalue weighted by Crippen LogP contribution is -2.31. The zero-order valence-electron chi connectivity index (χ0n) is 13.7. The first-order valence-corrected chi connectivity index (χ1v) is 7.74. The molecule has 1 N–H and O–H groups in total. The second-order valence-electron chi connectivity index (χ2n) is 5.72. The number of rotatable bonds is 6. The van der Waals surface area contributed by atoms with Gasteiger partial charge in [0, 0.05) is 0 Å². The first-order chi connectivity index (χ1) is 11.5. The van der Waals surface area contributed by atoms with Crippen LogP contribution in [0.4, 0.5) is 4.39 Å². The van der Waals surface area contributed by atoms with Crippen LogP contribution < -0.4 is 5.32 Å². The van der Waals surface area contributed by atoms with Crippen molar-refractivity contribution in [2.24, 2.45) is 0 Å². The van der Waals surface area contributed by atoms with Crippen LogP contribution in [0, 0.1) is 5.82 Å². The minimum atomic E-state index is -0.647. The lowest BCUT2D eigenvalue weighted by Gasteiger charge is -2.09. The van der Waals surface area contributed by atoms with Crippen molar-refractivity contribution in [2.75, 3.05) is 6.54 Å². The van der Waals surface area contributed by atoms with E-state index in [0.29, 0.717) is 5.92 Å². The van der Waals surface area contributed by atoms with Crippen LogP contribution in [0.2, 0.25) is 0 Å². The highest BCUT2D eigenvalue weighted by Gasteiger charge is 2.12. The fourth-order valence-electron chi connectivity index (χ4n) is 2.11. The number of amides is 1. The summed E-state index contributed by atoms with van der Waals surface area (Å²) in [6.45, 7) is 4.03. The standard InChI is InChI=1S/C19H20FNO3/c1-13(2)15-9-7-14(8-10-15)12-24-18(22)11-21-19(23)16-5-3-4-6-17(16)20/h3-10,13H,11-12H2,1-2H3,(H,21,23). The lowest BCUT2D eigenvalue weighted by molar-refractivity contribution is -0.143. The minimum absolute atomic E-state index is 0.102. The van der Waals surface area contributed by atoms with Crippen LogP contribution in [0.3, 0.4) is 0 Å². The molecule has 24 heavy (non-hydrogen) atoms. The van der Waals surface area contributed by atoms with Gasteiger partial charge in [-0.05, 0) is 29.2 Å². The summed E-state index contributed by atoms with van der Waals surface area (Å²) in [4.78, 5) is 23.5. The maximum absolute atomic E-state index is 13.4. The Hall–Kier alpha value is -2.69. The number of hydrogen-bond acceptors (Lipinski definition) is 3. The van der Waals surface area contributed by atoms with Crippen molar-refractivity contribution < 1.29 is 18.7 Å². The second kappa shape index (κ2) is 8.24. The molecule has 0 aliphatic heterocycles. The third-order valence-electron chi connectivity index (χ3n) is 3.56. The van der Waals surface area contributed by atoms with E-state index in [1.54, 1.807) is 6.07 Å².